The number of benzene rings is 1. The number of carbonyl (C=O) groups excluding carboxylic acids is 1. The molecule has 37 heavy (non-hydrogen) atoms. The molecule has 0 saturated carbocycles. The smallest absolute Gasteiger partial charge is 0.251 e. The molecule has 2 N–H and O–H groups in total. The predicted molar refractivity (Wildman–Crippen MR) is 147 cm³/mol. The zero-order chi connectivity index (χ0) is 26.4. The first-order valence-corrected chi connectivity index (χ1v) is 12.8. The van der Waals surface area contributed by atoms with Gasteiger partial charge in [-0.2, -0.15) is 0 Å². The van der Waals surface area contributed by atoms with E-state index in [9.17, 15) is 4.79 Å². The molecule has 4 heterocycles. The van der Waals surface area contributed by atoms with Crippen LogP contribution in [0.15, 0.2) is 54.9 Å². The molecule has 194 valence electrons. The van der Waals surface area contributed by atoms with Crippen molar-refractivity contribution in [1.82, 2.24) is 24.9 Å². The summed E-state index contributed by atoms with van der Waals surface area (Å²) < 4.78 is 7.09. The number of hydrogen-bond acceptors (Lipinski definition) is 7. The molecule has 0 radical (unpaired) electrons. The molecule has 0 aliphatic carbocycles. The summed E-state index contributed by atoms with van der Waals surface area (Å²) in [6.45, 7) is 9.47. The lowest BCUT2D eigenvalue weighted by Gasteiger charge is -2.34. The quantitative estimate of drug-likeness (QED) is 0.387. The number of nitrogens with zero attached hydrogens (tertiary/aromatic N) is 5. The van der Waals surface area contributed by atoms with Crippen molar-refractivity contribution in [3.8, 4) is 5.75 Å². The lowest BCUT2D eigenvalue weighted by atomic mass is 10.0. The van der Waals surface area contributed by atoms with Gasteiger partial charge >= 0.3 is 0 Å². The van der Waals surface area contributed by atoms with Gasteiger partial charge in [0.1, 0.15) is 11.6 Å². The Hall–Kier alpha value is -4.14. The number of fused-ring (bicyclic) bond motifs is 1. The number of methoxy groups -OCH3 is 1. The van der Waals surface area contributed by atoms with Crippen LogP contribution in [0, 0.1) is 13.8 Å². The number of ether oxygens (including phenoxy) is 1. The Kier molecular flexibility index (Phi) is 8.22. The van der Waals surface area contributed by atoms with E-state index in [4.69, 9.17) is 9.84 Å². The van der Waals surface area contributed by atoms with E-state index in [2.05, 4.69) is 25.5 Å². The lowest BCUT2D eigenvalue weighted by Crippen LogP contribution is -2.48. The fourth-order valence-corrected chi connectivity index (χ4v) is 4.40. The number of rotatable bonds is 6. The van der Waals surface area contributed by atoms with Gasteiger partial charge in [-0.1, -0.05) is 31.5 Å². The summed E-state index contributed by atoms with van der Waals surface area (Å²) in [5.74, 6) is 2.21. The van der Waals surface area contributed by atoms with Crippen LogP contribution in [-0.4, -0.2) is 51.7 Å². The van der Waals surface area contributed by atoms with E-state index in [0.29, 0.717) is 23.6 Å². The number of hydrogen-bond donors (Lipinski definition) is 2. The summed E-state index contributed by atoms with van der Waals surface area (Å²) in [7, 11) is 1.63. The highest BCUT2D eigenvalue weighted by molar-refractivity contribution is 5.94. The zero-order valence-corrected chi connectivity index (χ0v) is 22.2. The van der Waals surface area contributed by atoms with E-state index >= 15 is 0 Å². The minimum atomic E-state index is -0.0434. The molecule has 1 aliphatic rings. The van der Waals surface area contributed by atoms with Crippen molar-refractivity contribution in [1.29, 1.82) is 0 Å². The van der Waals surface area contributed by atoms with Gasteiger partial charge in [0.15, 0.2) is 11.5 Å². The number of aromatic nitrogens is 4. The van der Waals surface area contributed by atoms with Gasteiger partial charge in [-0.05, 0) is 51.0 Å². The molecule has 1 saturated heterocycles. The molecule has 5 rings (SSSR count). The lowest BCUT2D eigenvalue weighted by molar-refractivity contribution is 0.0933. The molecule has 0 bridgehead atoms. The van der Waals surface area contributed by atoms with Crippen molar-refractivity contribution in [2.75, 3.05) is 30.4 Å². The average Bonchev–Trinajstić information content (AvgIpc) is 3.40. The predicted octanol–water partition coefficient (Wildman–Crippen LogP) is 4.92. The molecule has 4 aromatic rings. The summed E-state index contributed by atoms with van der Waals surface area (Å²) in [5.41, 5.74) is 4.14. The van der Waals surface area contributed by atoms with Crippen LogP contribution in [0.3, 0.4) is 0 Å². The second kappa shape index (κ2) is 11.7. The highest BCUT2D eigenvalue weighted by Gasteiger charge is 2.24. The van der Waals surface area contributed by atoms with Crippen LogP contribution in [0.25, 0.3) is 5.65 Å². The van der Waals surface area contributed by atoms with Gasteiger partial charge in [0.25, 0.3) is 5.91 Å². The molecule has 0 spiro atoms. The number of anilines is 3. The molecule has 1 aliphatic heterocycles. The highest BCUT2D eigenvalue weighted by atomic mass is 16.5. The minimum absolute atomic E-state index is 0.0418. The van der Waals surface area contributed by atoms with Gasteiger partial charge in [-0.25, -0.2) is 14.5 Å². The topological polar surface area (TPSA) is 96.7 Å². The third kappa shape index (κ3) is 5.99. The van der Waals surface area contributed by atoms with Crippen molar-refractivity contribution in [2.45, 2.75) is 46.6 Å². The second-order valence-electron chi connectivity index (χ2n) is 8.85. The number of nitrogens with one attached hydrogen (secondary N) is 2. The third-order valence-electron chi connectivity index (χ3n) is 6.26. The van der Waals surface area contributed by atoms with Crippen molar-refractivity contribution < 1.29 is 9.53 Å². The first-order chi connectivity index (χ1) is 18.0. The van der Waals surface area contributed by atoms with E-state index in [1.165, 1.54) is 0 Å². The summed E-state index contributed by atoms with van der Waals surface area (Å²) in [6, 6.07) is 13.5. The summed E-state index contributed by atoms with van der Waals surface area (Å²) in [6.07, 6.45) is 5.45. The van der Waals surface area contributed by atoms with E-state index in [0.717, 1.165) is 47.9 Å². The Morgan fingerprint density at radius 3 is 2.62 bits per heavy atom. The number of piperidine rings is 1. The number of pyridine rings is 1. The fourth-order valence-electron chi connectivity index (χ4n) is 4.40. The largest absolute Gasteiger partial charge is 0.495 e. The molecule has 1 unspecified atom stereocenters. The monoisotopic (exact) mass is 501 g/mol. The Morgan fingerprint density at radius 2 is 1.89 bits per heavy atom. The van der Waals surface area contributed by atoms with Gasteiger partial charge in [0.05, 0.1) is 18.5 Å². The van der Waals surface area contributed by atoms with Crippen LogP contribution < -0.4 is 20.3 Å². The van der Waals surface area contributed by atoms with Crippen LogP contribution >= 0.6 is 0 Å². The Balaban J connectivity index is 0.00000156. The molecular formula is C28H35N7O2. The highest BCUT2D eigenvalue weighted by Crippen LogP contribution is 2.27. The van der Waals surface area contributed by atoms with Crippen LogP contribution in [-0.2, 0) is 0 Å². The van der Waals surface area contributed by atoms with Gasteiger partial charge in [-0.3, -0.25) is 4.79 Å². The van der Waals surface area contributed by atoms with Gasteiger partial charge in [0, 0.05) is 43.2 Å². The van der Waals surface area contributed by atoms with Gasteiger partial charge in [-0.15, -0.1) is 5.10 Å². The fraction of sp³-hybridized carbons (Fsp3) is 0.357. The SMILES string of the molecule is CC.COc1ccc(Nc2cc(N3CCCC(NC(=O)c4ccc(C)cc4)C3)nn3ccnc23)nc1C. The van der Waals surface area contributed by atoms with Crippen LogP contribution in [0.4, 0.5) is 17.3 Å². The molecule has 1 aromatic carbocycles. The summed E-state index contributed by atoms with van der Waals surface area (Å²) in [5, 5.41) is 11.4. The average molecular weight is 502 g/mol. The maximum absolute atomic E-state index is 12.8. The van der Waals surface area contributed by atoms with E-state index in [-0.39, 0.29) is 11.9 Å². The van der Waals surface area contributed by atoms with E-state index in [1.54, 1.807) is 17.8 Å². The minimum Gasteiger partial charge on any atom is -0.495 e. The molecule has 1 fully saturated rings. The maximum atomic E-state index is 12.8. The number of carbonyl (C=O) groups is 1. The Labute approximate surface area is 217 Å². The van der Waals surface area contributed by atoms with Crippen LogP contribution in [0.5, 0.6) is 5.75 Å². The molecule has 3 aromatic heterocycles. The molecular weight excluding hydrogens is 466 g/mol. The normalized spacial score (nSPS) is 15.1. The third-order valence-corrected chi connectivity index (χ3v) is 6.26. The van der Waals surface area contributed by atoms with Gasteiger partial charge < -0.3 is 20.3 Å². The molecule has 1 amide bonds. The van der Waals surface area contributed by atoms with Gasteiger partial charge in [0.2, 0.25) is 0 Å². The summed E-state index contributed by atoms with van der Waals surface area (Å²) in [4.78, 5) is 24.0. The maximum Gasteiger partial charge on any atom is 0.251 e. The Bertz CT molecular complexity index is 1350. The first kappa shape index (κ1) is 25.9. The number of aryl methyl sites for hydroxylation is 2. The first-order valence-electron chi connectivity index (χ1n) is 12.8. The standard InChI is InChI=1S/C26H29N7O2.C2H6/c1-17-6-8-19(9-7-17)26(34)29-20-5-4-13-32(16-20)24-15-21(25-27-12-14-33(25)31-24)30-23-11-10-22(35-3)18(2)28-23;1-2/h6-12,14-15,20H,4-5,13,16H2,1-3H3,(H,28,30)(H,29,34);1-2H3. The van der Waals surface area contributed by atoms with Crippen LogP contribution in [0.2, 0.25) is 0 Å². The molecule has 1 atom stereocenters. The van der Waals surface area contributed by atoms with Crippen LogP contribution in [0.1, 0.15) is 48.3 Å². The van der Waals surface area contributed by atoms with E-state index in [1.807, 2.05) is 76.4 Å². The second-order valence-corrected chi connectivity index (χ2v) is 8.85. The van der Waals surface area contributed by atoms with E-state index < -0.39 is 0 Å². The summed E-state index contributed by atoms with van der Waals surface area (Å²) >= 11 is 0. The number of imidazole rings is 1. The molecule has 9 heteroatoms. The van der Waals surface area contributed by atoms with Crippen molar-refractivity contribution in [3.05, 3.63) is 71.7 Å². The van der Waals surface area contributed by atoms with Crippen molar-refractivity contribution >= 4 is 28.9 Å². The van der Waals surface area contributed by atoms with Crippen molar-refractivity contribution in [2.24, 2.45) is 0 Å². The molecule has 9 nitrogen and oxygen atoms in total. The number of amides is 1. The zero-order valence-electron chi connectivity index (χ0n) is 22.2. The Morgan fingerprint density at radius 1 is 1.11 bits per heavy atom. The van der Waals surface area contributed by atoms with Crippen molar-refractivity contribution in [3.63, 3.8) is 0 Å².